The van der Waals surface area contributed by atoms with Crippen LogP contribution in [0.4, 0.5) is 0 Å². The Kier molecular flexibility index (Phi) is 3.69. The highest BCUT2D eigenvalue weighted by atomic mass is 32.1. The van der Waals surface area contributed by atoms with Gasteiger partial charge in [0.2, 0.25) is 0 Å². The van der Waals surface area contributed by atoms with Gasteiger partial charge in [-0.2, -0.15) is 0 Å². The minimum absolute atomic E-state index is 0.217. The van der Waals surface area contributed by atoms with Crippen molar-refractivity contribution in [1.29, 1.82) is 0 Å². The first kappa shape index (κ1) is 11.3. The number of rotatable bonds is 4. The van der Waals surface area contributed by atoms with E-state index < -0.39 is 0 Å². The molecule has 0 radical (unpaired) electrons. The highest BCUT2D eigenvalue weighted by Gasteiger charge is 2.09. The van der Waals surface area contributed by atoms with Gasteiger partial charge in [0.05, 0.1) is 23.6 Å². The number of carbonyl (C=O) groups is 1. The quantitative estimate of drug-likeness (QED) is 0.786. The Labute approximate surface area is 102 Å². The minimum atomic E-state index is -0.217. The second-order valence-electron chi connectivity index (χ2n) is 3.10. The Morgan fingerprint density at radius 2 is 2.38 bits per heavy atom. The zero-order chi connectivity index (χ0) is 11.4. The Morgan fingerprint density at radius 3 is 3.06 bits per heavy atom. The lowest BCUT2D eigenvalue weighted by Crippen LogP contribution is -2.07. The maximum atomic E-state index is 11.3. The molecule has 0 aromatic carbocycles. The molecule has 2 aromatic heterocycles. The summed E-state index contributed by atoms with van der Waals surface area (Å²) >= 11 is 3.21. The number of hydrogen-bond acceptors (Lipinski definition) is 5. The Balaban J connectivity index is 2.06. The van der Waals surface area contributed by atoms with Crippen LogP contribution in [0.5, 0.6) is 0 Å². The third-order valence-electron chi connectivity index (χ3n) is 1.91. The van der Waals surface area contributed by atoms with Gasteiger partial charge in [-0.05, 0) is 18.4 Å². The summed E-state index contributed by atoms with van der Waals surface area (Å²) in [5, 5.41) is 4.89. The predicted molar refractivity (Wildman–Crippen MR) is 65.8 cm³/mol. The standard InChI is InChI=1S/C11H11NO2S2/c1-2-14-10(13)6-8-7-16-11(12-8)9-4-3-5-15-9/h3-5,7H,2,6H2,1H3. The van der Waals surface area contributed by atoms with Crippen LogP contribution >= 0.6 is 22.7 Å². The van der Waals surface area contributed by atoms with Gasteiger partial charge in [-0.25, -0.2) is 4.98 Å². The van der Waals surface area contributed by atoms with E-state index in [2.05, 4.69) is 4.98 Å². The van der Waals surface area contributed by atoms with Crippen molar-refractivity contribution in [3.8, 4) is 9.88 Å². The molecule has 0 saturated heterocycles. The molecule has 0 unspecified atom stereocenters. The van der Waals surface area contributed by atoms with E-state index in [4.69, 9.17) is 4.74 Å². The van der Waals surface area contributed by atoms with Crippen LogP contribution < -0.4 is 0 Å². The summed E-state index contributed by atoms with van der Waals surface area (Å²) in [5.41, 5.74) is 0.784. The van der Waals surface area contributed by atoms with Crippen LogP contribution in [0.3, 0.4) is 0 Å². The highest BCUT2D eigenvalue weighted by molar-refractivity contribution is 7.20. The molecule has 16 heavy (non-hydrogen) atoms. The van der Waals surface area contributed by atoms with Crippen molar-refractivity contribution in [2.24, 2.45) is 0 Å². The predicted octanol–water partition coefficient (Wildman–Crippen LogP) is 2.98. The van der Waals surface area contributed by atoms with Gasteiger partial charge in [-0.3, -0.25) is 4.79 Å². The zero-order valence-corrected chi connectivity index (χ0v) is 10.4. The van der Waals surface area contributed by atoms with E-state index in [0.717, 1.165) is 15.6 Å². The molecule has 0 N–H and O–H groups in total. The molecule has 0 bridgehead atoms. The lowest BCUT2D eigenvalue weighted by atomic mass is 10.3. The molecule has 0 aliphatic carbocycles. The average molecular weight is 253 g/mol. The van der Waals surface area contributed by atoms with Crippen molar-refractivity contribution in [1.82, 2.24) is 4.98 Å². The van der Waals surface area contributed by atoms with Crippen LogP contribution in [0, 0.1) is 0 Å². The molecule has 0 aliphatic heterocycles. The molecule has 84 valence electrons. The topological polar surface area (TPSA) is 39.2 Å². The number of carbonyl (C=O) groups excluding carboxylic acids is 1. The summed E-state index contributed by atoms with van der Waals surface area (Å²) in [6.45, 7) is 2.22. The lowest BCUT2D eigenvalue weighted by molar-refractivity contribution is -0.142. The van der Waals surface area contributed by atoms with Crippen LogP contribution in [0.25, 0.3) is 9.88 Å². The smallest absolute Gasteiger partial charge is 0.311 e. The minimum Gasteiger partial charge on any atom is -0.466 e. The Hall–Kier alpha value is -1.20. The van der Waals surface area contributed by atoms with E-state index in [1.165, 1.54) is 0 Å². The van der Waals surface area contributed by atoms with E-state index in [0.29, 0.717) is 6.61 Å². The van der Waals surface area contributed by atoms with Crippen LogP contribution in [0.2, 0.25) is 0 Å². The average Bonchev–Trinajstić information content (AvgIpc) is 2.86. The number of thiophene rings is 1. The molecule has 5 heteroatoms. The molecule has 3 nitrogen and oxygen atoms in total. The summed E-state index contributed by atoms with van der Waals surface area (Å²) in [7, 11) is 0. The monoisotopic (exact) mass is 253 g/mol. The summed E-state index contributed by atoms with van der Waals surface area (Å²) in [4.78, 5) is 16.8. The molecule has 0 amide bonds. The molecule has 0 aliphatic rings. The molecular formula is C11H11NO2S2. The van der Waals surface area contributed by atoms with E-state index in [1.54, 1.807) is 29.6 Å². The second-order valence-corrected chi connectivity index (χ2v) is 4.91. The number of thiazole rings is 1. The maximum Gasteiger partial charge on any atom is 0.311 e. The maximum absolute atomic E-state index is 11.3. The van der Waals surface area contributed by atoms with E-state index >= 15 is 0 Å². The van der Waals surface area contributed by atoms with Crippen LogP contribution in [0.1, 0.15) is 12.6 Å². The van der Waals surface area contributed by atoms with Gasteiger partial charge in [0, 0.05) is 5.38 Å². The fourth-order valence-electron chi connectivity index (χ4n) is 1.26. The van der Waals surface area contributed by atoms with Gasteiger partial charge in [0.1, 0.15) is 5.01 Å². The first-order chi connectivity index (χ1) is 7.79. The fourth-order valence-corrected chi connectivity index (χ4v) is 2.90. The summed E-state index contributed by atoms with van der Waals surface area (Å²) < 4.78 is 4.87. The number of hydrogen-bond donors (Lipinski definition) is 0. The largest absolute Gasteiger partial charge is 0.466 e. The second kappa shape index (κ2) is 5.23. The molecule has 0 fully saturated rings. The van der Waals surface area contributed by atoms with Gasteiger partial charge in [0.25, 0.3) is 0 Å². The molecule has 2 rings (SSSR count). The molecular weight excluding hydrogens is 242 g/mol. The van der Waals surface area contributed by atoms with Gasteiger partial charge in [-0.1, -0.05) is 6.07 Å². The van der Waals surface area contributed by atoms with Gasteiger partial charge >= 0.3 is 5.97 Å². The van der Waals surface area contributed by atoms with Crippen molar-refractivity contribution in [2.75, 3.05) is 6.61 Å². The van der Waals surface area contributed by atoms with Gasteiger partial charge in [-0.15, -0.1) is 22.7 Å². The number of nitrogens with zero attached hydrogens (tertiary/aromatic N) is 1. The van der Waals surface area contributed by atoms with Gasteiger partial charge in [0.15, 0.2) is 0 Å². The van der Waals surface area contributed by atoms with Crippen molar-refractivity contribution in [3.63, 3.8) is 0 Å². The summed E-state index contributed by atoms with van der Waals surface area (Å²) in [6, 6.07) is 4.02. The third-order valence-corrected chi connectivity index (χ3v) is 3.84. The van der Waals surface area contributed by atoms with Crippen LogP contribution in [-0.2, 0) is 16.0 Å². The first-order valence-corrected chi connectivity index (χ1v) is 6.69. The molecule has 0 atom stereocenters. The SMILES string of the molecule is CCOC(=O)Cc1csc(-c2cccs2)n1. The molecule has 2 aromatic rings. The van der Waals surface area contributed by atoms with Crippen molar-refractivity contribution < 1.29 is 9.53 Å². The highest BCUT2D eigenvalue weighted by Crippen LogP contribution is 2.27. The molecule has 0 saturated carbocycles. The van der Waals surface area contributed by atoms with Crippen molar-refractivity contribution in [2.45, 2.75) is 13.3 Å². The summed E-state index contributed by atoms with van der Waals surface area (Å²) in [5.74, 6) is -0.217. The third kappa shape index (κ3) is 2.68. The van der Waals surface area contributed by atoms with Crippen LogP contribution in [-0.4, -0.2) is 17.6 Å². The van der Waals surface area contributed by atoms with E-state index in [1.807, 2.05) is 22.9 Å². The van der Waals surface area contributed by atoms with Crippen molar-refractivity contribution in [3.05, 3.63) is 28.6 Å². The Bertz CT molecular complexity index is 462. The summed E-state index contributed by atoms with van der Waals surface area (Å²) in [6.07, 6.45) is 0.260. The number of ether oxygens (including phenoxy) is 1. The molecule has 2 heterocycles. The number of aromatic nitrogens is 1. The van der Waals surface area contributed by atoms with E-state index in [-0.39, 0.29) is 12.4 Å². The van der Waals surface area contributed by atoms with Crippen molar-refractivity contribution >= 4 is 28.6 Å². The zero-order valence-electron chi connectivity index (χ0n) is 8.80. The first-order valence-electron chi connectivity index (χ1n) is 4.93. The number of esters is 1. The van der Waals surface area contributed by atoms with E-state index in [9.17, 15) is 4.79 Å². The normalized spacial score (nSPS) is 10.3. The van der Waals surface area contributed by atoms with Gasteiger partial charge < -0.3 is 4.74 Å². The molecule has 0 spiro atoms. The Morgan fingerprint density at radius 1 is 1.50 bits per heavy atom. The fraction of sp³-hybridized carbons (Fsp3) is 0.273. The lowest BCUT2D eigenvalue weighted by Gasteiger charge is -1.97. The van der Waals surface area contributed by atoms with Crippen LogP contribution in [0.15, 0.2) is 22.9 Å².